The van der Waals surface area contributed by atoms with Crippen molar-refractivity contribution in [1.29, 1.82) is 0 Å². The van der Waals surface area contributed by atoms with Gasteiger partial charge in [-0.2, -0.15) is 0 Å². The Labute approximate surface area is 203 Å². The highest BCUT2D eigenvalue weighted by Crippen LogP contribution is 2.25. The van der Waals surface area contributed by atoms with Crippen molar-refractivity contribution in [1.82, 2.24) is 15.5 Å². The van der Waals surface area contributed by atoms with Crippen LogP contribution < -0.4 is 20.3 Å². The minimum absolute atomic E-state index is 0.176. The number of para-hydroxylation sites is 2. The van der Waals surface area contributed by atoms with Gasteiger partial charge in [-0.05, 0) is 30.3 Å². The molecule has 2 heterocycles. The maximum absolute atomic E-state index is 14.2. The number of hydrogen-bond donors (Lipinski definition) is 2. The van der Waals surface area contributed by atoms with Crippen LogP contribution in [0.25, 0.3) is 0 Å². The summed E-state index contributed by atoms with van der Waals surface area (Å²) in [6.07, 6.45) is 1.58. The Kier molecular flexibility index (Phi) is 7.99. The quantitative estimate of drug-likeness (QED) is 0.482. The number of amides is 2. The molecule has 184 valence electrons. The highest BCUT2D eigenvalue weighted by atomic mass is 19.1. The number of hydrogen-bond acceptors (Lipinski definition) is 6. The monoisotopic (exact) mass is 480 g/mol. The Hall–Kier alpha value is -3.85. The SMILES string of the molecule is COc1ccccc1CNC(=O)C(=O)NCC(c1ccco1)N1CCN(c2ccccc2F)CC1. The second-order valence-corrected chi connectivity index (χ2v) is 8.21. The molecule has 0 bridgehead atoms. The fourth-order valence-corrected chi connectivity index (χ4v) is 4.25. The first kappa shape index (κ1) is 24.3. The van der Waals surface area contributed by atoms with Gasteiger partial charge in [0.05, 0.1) is 25.1 Å². The number of carbonyl (C=O) groups is 2. The Bertz CT molecular complexity index is 1130. The number of anilines is 1. The van der Waals surface area contributed by atoms with E-state index in [-0.39, 0.29) is 24.9 Å². The molecule has 1 atom stereocenters. The van der Waals surface area contributed by atoms with Gasteiger partial charge in [-0.15, -0.1) is 0 Å². The zero-order valence-electron chi connectivity index (χ0n) is 19.6. The van der Waals surface area contributed by atoms with Gasteiger partial charge in [0.15, 0.2) is 0 Å². The lowest BCUT2D eigenvalue weighted by Crippen LogP contribution is -2.51. The van der Waals surface area contributed by atoms with Crippen molar-refractivity contribution >= 4 is 17.5 Å². The number of piperazine rings is 1. The van der Waals surface area contributed by atoms with Crippen LogP contribution in [0.4, 0.5) is 10.1 Å². The summed E-state index contributed by atoms with van der Waals surface area (Å²) in [4.78, 5) is 29.1. The molecule has 1 saturated heterocycles. The van der Waals surface area contributed by atoms with E-state index in [0.717, 1.165) is 5.56 Å². The molecule has 4 rings (SSSR count). The minimum Gasteiger partial charge on any atom is -0.496 e. The van der Waals surface area contributed by atoms with Crippen LogP contribution in [0, 0.1) is 5.82 Å². The lowest BCUT2D eigenvalue weighted by Gasteiger charge is -2.39. The van der Waals surface area contributed by atoms with Crippen LogP contribution in [0.1, 0.15) is 17.4 Å². The van der Waals surface area contributed by atoms with Gasteiger partial charge in [0.2, 0.25) is 0 Å². The van der Waals surface area contributed by atoms with E-state index in [1.807, 2.05) is 35.2 Å². The van der Waals surface area contributed by atoms with Gasteiger partial charge < -0.3 is 24.7 Å². The molecule has 35 heavy (non-hydrogen) atoms. The Balaban J connectivity index is 1.33. The van der Waals surface area contributed by atoms with Crippen LogP contribution in [-0.2, 0) is 16.1 Å². The van der Waals surface area contributed by atoms with E-state index in [2.05, 4.69) is 15.5 Å². The van der Waals surface area contributed by atoms with Crippen LogP contribution in [0.3, 0.4) is 0 Å². The number of benzene rings is 2. The second-order valence-electron chi connectivity index (χ2n) is 8.21. The average molecular weight is 481 g/mol. The summed E-state index contributed by atoms with van der Waals surface area (Å²) < 4.78 is 25.1. The summed E-state index contributed by atoms with van der Waals surface area (Å²) in [5.41, 5.74) is 1.36. The highest BCUT2D eigenvalue weighted by molar-refractivity contribution is 6.35. The zero-order chi connectivity index (χ0) is 24.6. The van der Waals surface area contributed by atoms with E-state index in [9.17, 15) is 14.0 Å². The molecule has 1 aromatic heterocycles. The van der Waals surface area contributed by atoms with Crippen LogP contribution in [0.2, 0.25) is 0 Å². The summed E-state index contributed by atoms with van der Waals surface area (Å²) >= 11 is 0. The van der Waals surface area contributed by atoms with Crippen molar-refractivity contribution in [2.75, 3.05) is 44.7 Å². The van der Waals surface area contributed by atoms with Crippen LogP contribution in [-0.4, -0.2) is 56.5 Å². The van der Waals surface area contributed by atoms with E-state index in [1.165, 1.54) is 6.07 Å². The number of ether oxygens (including phenoxy) is 1. The molecule has 0 aliphatic carbocycles. The average Bonchev–Trinajstić information content (AvgIpc) is 3.43. The summed E-state index contributed by atoms with van der Waals surface area (Å²) in [5.74, 6) is -0.352. The topological polar surface area (TPSA) is 87.0 Å². The molecule has 0 radical (unpaired) electrons. The first-order valence-electron chi connectivity index (χ1n) is 11.5. The maximum atomic E-state index is 14.2. The van der Waals surface area contributed by atoms with Gasteiger partial charge in [-0.1, -0.05) is 30.3 Å². The Morgan fingerprint density at radius 3 is 2.40 bits per heavy atom. The standard InChI is InChI=1S/C26H29FN4O4/c1-34-23-10-5-2-7-19(23)17-28-25(32)26(33)29-18-22(24-11-6-16-35-24)31-14-12-30(13-15-31)21-9-4-3-8-20(21)27/h2-11,16,22H,12-15,17-18H2,1H3,(H,28,32)(H,29,33). The van der Waals surface area contributed by atoms with Crippen LogP contribution >= 0.6 is 0 Å². The molecule has 1 unspecified atom stereocenters. The molecule has 9 heteroatoms. The molecule has 0 spiro atoms. The first-order valence-corrected chi connectivity index (χ1v) is 11.5. The summed E-state index contributed by atoms with van der Waals surface area (Å²) in [5, 5.41) is 5.36. The molecular weight excluding hydrogens is 451 g/mol. The fourth-order valence-electron chi connectivity index (χ4n) is 4.25. The van der Waals surface area contributed by atoms with Gasteiger partial charge in [-0.3, -0.25) is 14.5 Å². The number of methoxy groups -OCH3 is 1. The van der Waals surface area contributed by atoms with Gasteiger partial charge >= 0.3 is 11.8 Å². The van der Waals surface area contributed by atoms with Gasteiger partial charge in [-0.25, -0.2) is 4.39 Å². The lowest BCUT2D eigenvalue weighted by molar-refractivity contribution is -0.139. The zero-order valence-corrected chi connectivity index (χ0v) is 19.6. The van der Waals surface area contributed by atoms with Crippen LogP contribution in [0.5, 0.6) is 5.75 Å². The number of rotatable bonds is 8. The van der Waals surface area contributed by atoms with Crippen molar-refractivity contribution in [2.45, 2.75) is 12.6 Å². The van der Waals surface area contributed by atoms with Crippen molar-refractivity contribution in [3.63, 3.8) is 0 Å². The van der Waals surface area contributed by atoms with Crippen molar-refractivity contribution in [3.05, 3.63) is 84.1 Å². The van der Waals surface area contributed by atoms with Gasteiger partial charge in [0.1, 0.15) is 17.3 Å². The van der Waals surface area contributed by atoms with E-state index in [4.69, 9.17) is 9.15 Å². The third-order valence-electron chi connectivity index (χ3n) is 6.11. The Morgan fingerprint density at radius 2 is 1.69 bits per heavy atom. The molecule has 3 aromatic rings. The summed E-state index contributed by atoms with van der Waals surface area (Å²) in [6, 6.07) is 17.4. The van der Waals surface area contributed by atoms with E-state index >= 15 is 0 Å². The lowest BCUT2D eigenvalue weighted by atomic mass is 10.1. The molecule has 8 nitrogen and oxygen atoms in total. The number of nitrogens with one attached hydrogen (secondary N) is 2. The van der Waals surface area contributed by atoms with E-state index in [0.29, 0.717) is 43.4 Å². The number of carbonyl (C=O) groups excluding carboxylic acids is 2. The predicted octanol–water partition coefficient (Wildman–Crippen LogP) is 2.72. The molecule has 1 aliphatic rings. The number of furan rings is 1. The summed E-state index contributed by atoms with van der Waals surface area (Å²) in [7, 11) is 1.55. The van der Waals surface area contributed by atoms with Gasteiger partial charge in [0, 0.05) is 44.8 Å². The van der Waals surface area contributed by atoms with Crippen molar-refractivity contribution < 1.29 is 23.1 Å². The van der Waals surface area contributed by atoms with Crippen molar-refractivity contribution in [3.8, 4) is 5.75 Å². The molecule has 0 saturated carbocycles. The van der Waals surface area contributed by atoms with E-state index < -0.39 is 11.8 Å². The number of nitrogens with zero attached hydrogens (tertiary/aromatic N) is 2. The molecule has 2 amide bonds. The molecule has 1 aliphatic heterocycles. The van der Waals surface area contributed by atoms with Gasteiger partial charge in [0.25, 0.3) is 0 Å². The first-order chi connectivity index (χ1) is 17.1. The maximum Gasteiger partial charge on any atom is 0.309 e. The van der Waals surface area contributed by atoms with E-state index in [1.54, 1.807) is 37.6 Å². The Morgan fingerprint density at radius 1 is 0.971 bits per heavy atom. The van der Waals surface area contributed by atoms with Crippen molar-refractivity contribution in [2.24, 2.45) is 0 Å². The third kappa shape index (κ3) is 5.99. The van der Waals surface area contributed by atoms with Crippen LogP contribution in [0.15, 0.2) is 71.3 Å². The molecule has 1 fully saturated rings. The normalized spacial score (nSPS) is 14.9. The predicted molar refractivity (Wildman–Crippen MR) is 129 cm³/mol. The third-order valence-corrected chi connectivity index (χ3v) is 6.11. The molecule has 2 N–H and O–H groups in total. The molecule has 2 aromatic carbocycles. The highest BCUT2D eigenvalue weighted by Gasteiger charge is 2.28. The smallest absolute Gasteiger partial charge is 0.309 e. The fraction of sp³-hybridized carbons (Fsp3) is 0.308. The largest absolute Gasteiger partial charge is 0.496 e. The summed E-state index contributed by atoms with van der Waals surface area (Å²) in [6.45, 7) is 2.94. The number of halogens is 1. The minimum atomic E-state index is -0.724. The molecular formula is C26H29FN4O4. The second kappa shape index (κ2) is 11.5.